The molecule has 0 N–H and O–H groups in total. The van der Waals surface area contributed by atoms with Gasteiger partial charge in [0.25, 0.3) is 5.56 Å². The van der Waals surface area contributed by atoms with E-state index in [0.717, 1.165) is 15.8 Å². The number of para-hydroxylation sites is 1. The summed E-state index contributed by atoms with van der Waals surface area (Å²) in [5, 5.41) is 0.980. The minimum Gasteiger partial charge on any atom is -0.450 e. The number of carbonyl (C=O) groups is 2. The molecule has 3 rings (SSSR count). The summed E-state index contributed by atoms with van der Waals surface area (Å²) in [6.45, 7) is 6.62. The van der Waals surface area contributed by atoms with Crippen LogP contribution in [0.25, 0.3) is 10.9 Å². The zero-order valence-electron chi connectivity index (χ0n) is 16.2. The lowest BCUT2D eigenvalue weighted by Gasteiger charge is -2.34. The monoisotopic (exact) mass is 403 g/mol. The van der Waals surface area contributed by atoms with Gasteiger partial charge in [0.2, 0.25) is 5.91 Å². The summed E-state index contributed by atoms with van der Waals surface area (Å²) < 4.78 is 6.73. The van der Waals surface area contributed by atoms with Crippen LogP contribution in [0.1, 0.15) is 13.8 Å². The van der Waals surface area contributed by atoms with E-state index in [-0.39, 0.29) is 23.3 Å². The summed E-state index contributed by atoms with van der Waals surface area (Å²) >= 11 is 1.39. The van der Waals surface area contributed by atoms with Crippen LogP contribution in [0.15, 0.2) is 40.0 Å². The van der Waals surface area contributed by atoms with Crippen LogP contribution >= 0.6 is 11.8 Å². The van der Waals surface area contributed by atoms with Gasteiger partial charge in [0.1, 0.15) is 0 Å². The Hall–Kier alpha value is -2.48. The third kappa shape index (κ3) is 4.32. The lowest BCUT2D eigenvalue weighted by atomic mass is 10.2. The van der Waals surface area contributed by atoms with Gasteiger partial charge < -0.3 is 19.1 Å². The summed E-state index contributed by atoms with van der Waals surface area (Å²) in [6, 6.07) is 9.37. The first-order valence-electron chi connectivity index (χ1n) is 9.50. The van der Waals surface area contributed by atoms with E-state index in [2.05, 4.69) is 0 Å². The fourth-order valence-electron chi connectivity index (χ4n) is 3.33. The predicted octanol–water partition coefficient (Wildman–Crippen LogP) is 2.41. The summed E-state index contributed by atoms with van der Waals surface area (Å²) in [5.74, 6) is 0.274. The van der Waals surface area contributed by atoms with E-state index in [0.29, 0.717) is 39.3 Å². The molecule has 0 spiro atoms. The Morgan fingerprint density at radius 2 is 1.75 bits per heavy atom. The smallest absolute Gasteiger partial charge is 0.409 e. The van der Waals surface area contributed by atoms with Gasteiger partial charge in [-0.1, -0.05) is 18.2 Å². The van der Waals surface area contributed by atoms with Crippen LogP contribution in [0.5, 0.6) is 0 Å². The van der Waals surface area contributed by atoms with Gasteiger partial charge in [0.15, 0.2) is 0 Å². The fraction of sp³-hybridized carbons (Fsp3) is 0.450. The highest BCUT2D eigenvalue weighted by molar-refractivity contribution is 8.00. The van der Waals surface area contributed by atoms with Crippen molar-refractivity contribution in [1.29, 1.82) is 0 Å². The summed E-state index contributed by atoms with van der Waals surface area (Å²) in [5.41, 5.74) is 0.828. The Kier molecular flexibility index (Phi) is 6.61. The molecule has 2 aromatic rings. The molecular weight excluding hydrogens is 378 g/mol. The van der Waals surface area contributed by atoms with Crippen LogP contribution in [-0.2, 0) is 16.1 Å². The van der Waals surface area contributed by atoms with E-state index >= 15 is 0 Å². The highest BCUT2D eigenvalue weighted by atomic mass is 32.2. The second-order valence-corrected chi connectivity index (χ2v) is 7.48. The van der Waals surface area contributed by atoms with Gasteiger partial charge in [-0.2, -0.15) is 0 Å². The van der Waals surface area contributed by atoms with E-state index in [9.17, 15) is 14.4 Å². The van der Waals surface area contributed by atoms with Gasteiger partial charge >= 0.3 is 6.09 Å². The number of benzene rings is 1. The number of amides is 2. The number of piperazine rings is 1. The quantitative estimate of drug-likeness (QED) is 0.717. The second-order valence-electron chi connectivity index (χ2n) is 6.46. The molecule has 0 atom stereocenters. The zero-order chi connectivity index (χ0) is 20.1. The molecule has 2 heterocycles. The highest BCUT2D eigenvalue weighted by Crippen LogP contribution is 2.26. The van der Waals surface area contributed by atoms with Crippen molar-refractivity contribution in [3.63, 3.8) is 0 Å². The number of fused-ring (bicyclic) bond motifs is 1. The van der Waals surface area contributed by atoms with Crippen molar-refractivity contribution in [1.82, 2.24) is 14.4 Å². The molecule has 0 unspecified atom stereocenters. The fourth-order valence-corrected chi connectivity index (χ4v) is 4.31. The van der Waals surface area contributed by atoms with Crippen molar-refractivity contribution >= 4 is 34.7 Å². The number of aromatic nitrogens is 1. The normalized spacial score (nSPS) is 14.4. The summed E-state index contributed by atoms with van der Waals surface area (Å²) in [7, 11) is 0. The minimum atomic E-state index is -0.327. The van der Waals surface area contributed by atoms with Gasteiger partial charge in [-0.3, -0.25) is 9.59 Å². The molecular formula is C20H25N3O4S. The first kappa shape index (κ1) is 20.3. The molecule has 2 amide bonds. The number of rotatable bonds is 5. The van der Waals surface area contributed by atoms with Crippen LogP contribution < -0.4 is 5.56 Å². The number of hydrogen-bond acceptors (Lipinski definition) is 5. The van der Waals surface area contributed by atoms with Gasteiger partial charge in [-0.15, -0.1) is 11.8 Å². The minimum absolute atomic E-state index is 0.0114. The first-order chi connectivity index (χ1) is 13.5. The molecule has 1 aliphatic rings. The molecule has 0 bridgehead atoms. The largest absolute Gasteiger partial charge is 0.450 e. The third-order valence-electron chi connectivity index (χ3n) is 4.81. The van der Waals surface area contributed by atoms with Crippen molar-refractivity contribution in [2.45, 2.75) is 25.3 Å². The number of carbonyl (C=O) groups excluding carboxylic acids is 2. The molecule has 1 saturated heterocycles. The Balaban J connectivity index is 1.64. The topological polar surface area (TPSA) is 71.8 Å². The van der Waals surface area contributed by atoms with Crippen molar-refractivity contribution < 1.29 is 14.3 Å². The van der Waals surface area contributed by atoms with E-state index in [4.69, 9.17) is 4.74 Å². The Morgan fingerprint density at radius 1 is 1.07 bits per heavy atom. The molecule has 1 aromatic carbocycles. The molecule has 0 saturated carbocycles. The van der Waals surface area contributed by atoms with Crippen LogP contribution in [-0.4, -0.2) is 64.9 Å². The molecule has 1 fully saturated rings. The molecule has 0 radical (unpaired) electrons. The predicted molar refractivity (Wildman–Crippen MR) is 110 cm³/mol. The Labute approximate surface area is 168 Å². The summed E-state index contributed by atoms with van der Waals surface area (Å²) in [4.78, 5) is 41.0. The molecule has 28 heavy (non-hydrogen) atoms. The molecule has 7 nitrogen and oxygen atoms in total. The van der Waals surface area contributed by atoms with E-state index < -0.39 is 0 Å². The zero-order valence-corrected chi connectivity index (χ0v) is 17.0. The van der Waals surface area contributed by atoms with Crippen molar-refractivity contribution in [2.24, 2.45) is 0 Å². The number of pyridine rings is 1. The van der Waals surface area contributed by atoms with Crippen molar-refractivity contribution in [3.8, 4) is 0 Å². The SMILES string of the molecule is CCOC(=O)N1CCN(C(=O)CSc2cc(=O)n(CC)c3ccccc23)CC1. The number of nitrogens with zero attached hydrogens (tertiary/aromatic N) is 3. The molecule has 1 aliphatic heterocycles. The highest BCUT2D eigenvalue weighted by Gasteiger charge is 2.25. The number of hydrogen-bond donors (Lipinski definition) is 0. The number of thioether (sulfide) groups is 1. The van der Waals surface area contributed by atoms with E-state index in [1.807, 2.05) is 31.2 Å². The maximum Gasteiger partial charge on any atom is 0.409 e. The average Bonchev–Trinajstić information content (AvgIpc) is 2.72. The molecule has 1 aromatic heterocycles. The summed E-state index contributed by atoms with van der Waals surface area (Å²) in [6.07, 6.45) is -0.327. The van der Waals surface area contributed by atoms with Gasteiger partial charge in [-0.05, 0) is 19.9 Å². The van der Waals surface area contributed by atoms with Gasteiger partial charge in [-0.25, -0.2) is 4.79 Å². The number of ether oxygens (including phenoxy) is 1. The lowest BCUT2D eigenvalue weighted by Crippen LogP contribution is -2.51. The van der Waals surface area contributed by atoms with E-state index in [1.54, 1.807) is 27.4 Å². The number of aryl methyl sites for hydroxylation is 1. The molecule has 150 valence electrons. The maximum absolute atomic E-state index is 12.6. The Morgan fingerprint density at radius 3 is 2.43 bits per heavy atom. The van der Waals surface area contributed by atoms with E-state index in [1.165, 1.54) is 11.8 Å². The van der Waals surface area contributed by atoms with Gasteiger partial charge in [0.05, 0.1) is 17.9 Å². The molecule has 0 aliphatic carbocycles. The first-order valence-corrected chi connectivity index (χ1v) is 10.5. The van der Waals surface area contributed by atoms with Crippen LogP contribution in [0, 0.1) is 0 Å². The standard InChI is InChI=1S/C20H25N3O4S/c1-3-23-16-8-6-5-7-15(16)17(13-18(23)24)28-14-19(25)21-9-11-22(12-10-21)20(26)27-4-2/h5-8,13H,3-4,9-12,14H2,1-2H3. The van der Waals surface area contributed by atoms with Crippen molar-refractivity contribution in [2.75, 3.05) is 38.5 Å². The van der Waals surface area contributed by atoms with Crippen LogP contribution in [0.2, 0.25) is 0 Å². The van der Waals surface area contributed by atoms with Crippen molar-refractivity contribution in [3.05, 3.63) is 40.7 Å². The average molecular weight is 404 g/mol. The van der Waals surface area contributed by atoms with Crippen LogP contribution in [0.4, 0.5) is 4.79 Å². The molecule has 8 heteroatoms. The van der Waals surface area contributed by atoms with Gasteiger partial charge in [0, 0.05) is 49.1 Å². The maximum atomic E-state index is 12.6. The third-order valence-corrected chi connectivity index (χ3v) is 5.85. The Bertz CT molecular complexity index is 919. The second kappa shape index (κ2) is 9.14. The van der Waals surface area contributed by atoms with Crippen LogP contribution in [0.3, 0.4) is 0 Å². The lowest BCUT2D eigenvalue weighted by molar-refractivity contribution is -0.129.